The van der Waals surface area contributed by atoms with E-state index in [1.807, 2.05) is 24.3 Å². The van der Waals surface area contributed by atoms with Gasteiger partial charge in [-0.25, -0.2) is 4.79 Å². The highest BCUT2D eigenvalue weighted by Crippen LogP contribution is 2.27. The van der Waals surface area contributed by atoms with Gasteiger partial charge in [0.2, 0.25) is 0 Å². The van der Waals surface area contributed by atoms with Gasteiger partial charge in [-0.15, -0.1) is 0 Å². The molecule has 0 saturated heterocycles. The number of hydrogen-bond donors (Lipinski definition) is 1. The van der Waals surface area contributed by atoms with Crippen LogP contribution in [0.2, 0.25) is 0 Å². The Balaban J connectivity index is 2.15. The van der Waals surface area contributed by atoms with Crippen LogP contribution in [0.3, 0.4) is 0 Å². The molecule has 2 atom stereocenters. The van der Waals surface area contributed by atoms with Crippen molar-refractivity contribution in [3.63, 3.8) is 0 Å². The van der Waals surface area contributed by atoms with Gasteiger partial charge in [-0.1, -0.05) is 6.42 Å². The highest BCUT2D eigenvalue weighted by atomic mass is 16.5. The fraction of sp³-hybridized carbons (Fsp3) is 0.529. The summed E-state index contributed by atoms with van der Waals surface area (Å²) in [5.74, 6) is 0.214. The number of rotatable bonds is 6. The minimum absolute atomic E-state index is 0.144. The number of nitrogens with one attached hydrogen (secondary N) is 1. The smallest absolute Gasteiger partial charge is 0.329 e. The standard InChI is InChI=1S/C17H23NO4/c1-3-22-17(20)16(14-6-4-5-7-15(14)19)18-12-8-10-13(21-2)11-9-12/h8-11,14,16,18H,3-7H2,1-2H3/t14-,16?/m0/s1. The van der Waals surface area contributed by atoms with Crippen molar-refractivity contribution in [3.05, 3.63) is 24.3 Å². The lowest BCUT2D eigenvalue weighted by Gasteiger charge is -2.29. The van der Waals surface area contributed by atoms with Crippen molar-refractivity contribution in [2.24, 2.45) is 5.92 Å². The largest absolute Gasteiger partial charge is 0.497 e. The van der Waals surface area contributed by atoms with Crippen LogP contribution < -0.4 is 10.1 Å². The Kier molecular flexibility index (Phi) is 5.81. The van der Waals surface area contributed by atoms with E-state index in [1.165, 1.54) is 0 Å². The van der Waals surface area contributed by atoms with E-state index in [2.05, 4.69) is 5.32 Å². The third-order valence-corrected chi connectivity index (χ3v) is 3.96. The number of Topliss-reactive ketones (excluding diaryl/α,β-unsaturated/α-hetero) is 1. The van der Waals surface area contributed by atoms with Gasteiger partial charge in [0.1, 0.15) is 17.6 Å². The van der Waals surface area contributed by atoms with Crippen molar-refractivity contribution in [1.82, 2.24) is 0 Å². The Bertz CT molecular complexity index is 512. The Hall–Kier alpha value is -2.04. The summed E-state index contributed by atoms with van der Waals surface area (Å²) in [5, 5.41) is 3.16. The molecule has 1 fully saturated rings. The molecule has 5 nitrogen and oxygen atoms in total. The van der Waals surface area contributed by atoms with Crippen LogP contribution in [-0.2, 0) is 14.3 Å². The van der Waals surface area contributed by atoms with Crippen LogP contribution >= 0.6 is 0 Å². The molecule has 5 heteroatoms. The Morgan fingerprint density at radius 2 is 2.05 bits per heavy atom. The van der Waals surface area contributed by atoms with Gasteiger partial charge in [0.05, 0.1) is 13.7 Å². The second-order valence-corrected chi connectivity index (χ2v) is 5.42. The number of ether oxygens (including phenoxy) is 2. The lowest BCUT2D eigenvalue weighted by Crippen LogP contribution is -2.43. The minimum atomic E-state index is -0.624. The summed E-state index contributed by atoms with van der Waals surface area (Å²) in [6.45, 7) is 2.07. The number of hydrogen-bond acceptors (Lipinski definition) is 5. The number of ketones is 1. The maximum absolute atomic E-state index is 12.3. The highest BCUT2D eigenvalue weighted by molar-refractivity contribution is 5.91. The van der Waals surface area contributed by atoms with Gasteiger partial charge in [-0.05, 0) is 44.0 Å². The molecule has 0 bridgehead atoms. The van der Waals surface area contributed by atoms with E-state index in [1.54, 1.807) is 14.0 Å². The number of methoxy groups -OCH3 is 1. The predicted octanol–water partition coefficient (Wildman–Crippen LogP) is 2.80. The van der Waals surface area contributed by atoms with Crippen molar-refractivity contribution >= 4 is 17.4 Å². The molecule has 120 valence electrons. The maximum Gasteiger partial charge on any atom is 0.329 e. The number of anilines is 1. The van der Waals surface area contributed by atoms with Gasteiger partial charge in [-0.3, -0.25) is 4.79 Å². The minimum Gasteiger partial charge on any atom is -0.497 e. The molecule has 1 unspecified atom stereocenters. The van der Waals surface area contributed by atoms with E-state index in [0.717, 1.165) is 30.7 Å². The van der Waals surface area contributed by atoms with Crippen LogP contribution in [0, 0.1) is 5.92 Å². The average Bonchev–Trinajstić information content (AvgIpc) is 2.54. The molecule has 2 rings (SSSR count). The van der Waals surface area contributed by atoms with Crippen LogP contribution in [0.15, 0.2) is 24.3 Å². The lowest BCUT2D eigenvalue weighted by atomic mass is 9.82. The third-order valence-electron chi connectivity index (χ3n) is 3.96. The summed E-state index contributed by atoms with van der Waals surface area (Å²) >= 11 is 0. The first kappa shape index (κ1) is 16.3. The van der Waals surface area contributed by atoms with Gasteiger partial charge in [0.15, 0.2) is 0 Å². The number of carbonyl (C=O) groups is 2. The Morgan fingerprint density at radius 3 is 2.64 bits per heavy atom. The molecule has 1 saturated carbocycles. The topological polar surface area (TPSA) is 64.6 Å². The zero-order valence-corrected chi connectivity index (χ0v) is 13.1. The number of benzene rings is 1. The quantitative estimate of drug-likeness (QED) is 0.819. The SMILES string of the molecule is CCOC(=O)C(Nc1ccc(OC)cc1)[C@H]1CCCCC1=O. The first-order valence-electron chi connectivity index (χ1n) is 7.75. The molecule has 1 N–H and O–H groups in total. The molecule has 0 amide bonds. The van der Waals surface area contributed by atoms with Crippen LogP contribution in [0.1, 0.15) is 32.6 Å². The van der Waals surface area contributed by atoms with E-state index >= 15 is 0 Å². The van der Waals surface area contributed by atoms with E-state index in [-0.39, 0.29) is 17.7 Å². The van der Waals surface area contributed by atoms with E-state index in [4.69, 9.17) is 9.47 Å². The molecule has 0 heterocycles. The monoisotopic (exact) mass is 305 g/mol. The molecule has 1 aliphatic rings. The van der Waals surface area contributed by atoms with Gasteiger partial charge in [0, 0.05) is 18.0 Å². The molecule has 22 heavy (non-hydrogen) atoms. The first-order chi connectivity index (χ1) is 10.7. The van der Waals surface area contributed by atoms with Crippen LogP contribution in [0.4, 0.5) is 5.69 Å². The highest BCUT2D eigenvalue weighted by Gasteiger charge is 2.35. The molecule has 1 aromatic carbocycles. The van der Waals surface area contributed by atoms with Crippen molar-refractivity contribution in [3.8, 4) is 5.75 Å². The van der Waals surface area contributed by atoms with Gasteiger partial charge >= 0.3 is 5.97 Å². The zero-order valence-electron chi connectivity index (χ0n) is 13.1. The summed E-state index contributed by atoms with van der Waals surface area (Å²) in [5.41, 5.74) is 0.775. The molecular formula is C17H23NO4. The molecule has 1 aromatic rings. The number of carbonyl (C=O) groups excluding carboxylic acids is 2. The van der Waals surface area contributed by atoms with Gasteiger partial charge in [0.25, 0.3) is 0 Å². The van der Waals surface area contributed by atoms with Crippen molar-refractivity contribution in [2.45, 2.75) is 38.6 Å². The van der Waals surface area contributed by atoms with Crippen molar-refractivity contribution in [2.75, 3.05) is 19.0 Å². The van der Waals surface area contributed by atoms with Crippen molar-refractivity contribution < 1.29 is 19.1 Å². The summed E-state index contributed by atoms with van der Waals surface area (Å²) in [6, 6.07) is 6.66. The van der Waals surface area contributed by atoms with Crippen LogP contribution in [-0.4, -0.2) is 31.5 Å². The molecule has 0 aromatic heterocycles. The second kappa shape index (κ2) is 7.82. The molecule has 1 aliphatic carbocycles. The molecular weight excluding hydrogens is 282 g/mol. The molecule has 0 radical (unpaired) electrons. The lowest BCUT2D eigenvalue weighted by molar-refractivity contribution is -0.147. The summed E-state index contributed by atoms with van der Waals surface area (Å²) in [7, 11) is 1.60. The number of esters is 1. The summed E-state index contributed by atoms with van der Waals surface area (Å²) in [6.07, 6.45) is 3.15. The van der Waals surface area contributed by atoms with Gasteiger partial charge < -0.3 is 14.8 Å². The summed E-state index contributed by atoms with van der Waals surface area (Å²) in [4.78, 5) is 24.4. The maximum atomic E-state index is 12.3. The fourth-order valence-corrected chi connectivity index (χ4v) is 2.79. The van der Waals surface area contributed by atoms with Crippen LogP contribution in [0.5, 0.6) is 5.75 Å². The first-order valence-corrected chi connectivity index (χ1v) is 7.75. The van der Waals surface area contributed by atoms with E-state index in [9.17, 15) is 9.59 Å². The van der Waals surface area contributed by atoms with Crippen molar-refractivity contribution in [1.29, 1.82) is 0 Å². The van der Waals surface area contributed by atoms with E-state index < -0.39 is 6.04 Å². The van der Waals surface area contributed by atoms with Crippen LogP contribution in [0.25, 0.3) is 0 Å². The normalized spacial score (nSPS) is 19.4. The fourth-order valence-electron chi connectivity index (χ4n) is 2.79. The zero-order chi connectivity index (χ0) is 15.9. The second-order valence-electron chi connectivity index (χ2n) is 5.42. The average molecular weight is 305 g/mol. The van der Waals surface area contributed by atoms with Gasteiger partial charge in [-0.2, -0.15) is 0 Å². The summed E-state index contributed by atoms with van der Waals surface area (Å²) < 4.78 is 10.3. The predicted molar refractivity (Wildman–Crippen MR) is 84.0 cm³/mol. The Labute approximate surface area is 131 Å². The third kappa shape index (κ3) is 4.00. The Morgan fingerprint density at radius 1 is 1.32 bits per heavy atom. The molecule has 0 spiro atoms. The van der Waals surface area contributed by atoms with E-state index in [0.29, 0.717) is 13.0 Å². The molecule has 0 aliphatic heterocycles.